The first kappa shape index (κ1) is 13.8. The summed E-state index contributed by atoms with van der Waals surface area (Å²) < 4.78 is 13.1. The number of hydrogen-bond donors (Lipinski definition) is 1. The van der Waals surface area contributed by atoms with Gasteiger partial charge in [-0.3, -0.25) is 0 Å². The number of nitrogens with one attached hydrogen (secondary N) is 1. The predicted molar refractivity (Wildman–Crippen MR) is 74.3 cm³/mol. The summed E-state index contributed by atoms with van der Waals surface area (Å²) in [7, 11) is 1.96. The van der Waals surface area contributed by atoms with Crippen LogP contribution in [-0.4, -0.2) is 7.05 Å². The highest BCUT2D eigenvalue weighted by atomic mass is 35.5. The molecule has 1 saturated carbocycles. The molecule has 0 radical (unpaired) electrons. The molecule has 18 heavy (non-hydrogen) atoms. The lowest BCUT2D eigenvalue weighted by Crippen LogP contribution is -2.29. The van der Waals surface area contributed by atoms with E-state index >= 15 is 0 Å². The Bertz CT molecular complexity index is 407. The number of hydrogen-bond acceptors (Lipinski definition) is 1. The predicted octanol–water partition coefficient (Wildman–Crippen LogP) is 4.57. The fourth-order valence-corrected chi connectivity index (χ4v) is 3.47. The molecule has 1 fully saturated rings. The van der Waals surface area contributed by atoms with Gasteiger partial charge in [0.1, 0.15) is 5.82 Å². The Morgan fingerprint density at radius 1 is 1.39 bits per heavy atom. The average Bonchev–Trinajstić information content (AvgIpc) is 2.33. The molecule has 3 unspecified atom stereocenters. The van der Waals surface area contributed by atoms with E-state index in [-0.39, 0.29) is 11.9 Å². The van der Waals surface area contributed by atoms with E-state index in [1.807, 2.05) is 13.1 Å². The van der Waals surface area contributed by atoms with E-state index in [4.69, 9.17) is 11.6 Å². The van der Waals surface area contributed by atoms with Crippen molar-refractivity contribution in [1.82, 2.24) is 5.32 Å². The van der Waals surface area contributed by atoms with Gasteiger partial charge >= 0.3 is 0 Å². The van der Waals surface area contributed by atoms with E-state index in [1.54, 1.807) is 0 Å². The minimum atomic E-state index is -0.268. The van der Waals surface area contributed by atoms with Crippen molar-refractivity contribution in [3.8, 4) is 0 Å². The molecule has 1 aromatic carbocycles. The van der Waals surface area contributed by atoms with Crippen LogP contribution in [0.4, 0.5) is 4.39 Å². The van der Waals surface area contributed by atoms with E-state index in [2.05, 4.69) is 12.2 Å². The molecule has 1 aliphatic carbocycles. The lowest BCUT2D eigenvalue weighted by atomic mass is 9.77. The van der Waals surface area contributed by atoms with E-state index in [0.29, 0.717) is 10.9 Å². The van der Waals surface area contributed by atoms with Crippen LogP contribution in [0.25, 0.3) is 0 Å². The van der Waals surface area contributed by atoms with Gasteiger partial charge in [0.25, 0.3) is 0 Å². The van der Waals surface area contributed by atoms with Crippen LogP contribution < -0.4 is 5.32 Å². The highest BCUT2D eigenvalue weighted by molar-refractivity contribution is 6.31. The zero-order chi connectivity index (χ0) is 13.1. The van der Waals surface area contributed by atoms with Gasteiger partial charge < -0.3 is 5.32 Å². The van der Waals surface area contributed by atoms with Gasteiger partial charge in [0, 0.05) is 11.1 Å². The zero-order valence-corrected chi connectivity index (χ0v) is 11.8. The lowest BCUT2D eigenvalue weighted by molar-refractivity contribution is 0.230. The standard InChI is InChI=1S/C15H21ClFN/c1-10-4-3-5-11(8-10)15(18-2)13-7-6-12(17)9-14(13)16/h6-7,9-11,15,18H,3-5,8H2,1-2H3. The number of halogens is 2. The van der Waals surface area contributed by atoms with Gasteiger partial charge in [-0.05, 0) is 49.4 Å². The molecule has 0 amide bonds. The summed E-state index contributed by atoms with van der Waals surface area (Å²) in [6.07, 6.45) is 5.05. The van der Waals surface area contributed by atoms with Gasteiger partial charge in [0.05, 0.1) is 0 Å². The molecule has 0 heterocycles. The highest BCUT2D eigenvalue weighted by Gasteiger charge is 2.28. The molecule has 1 N–H and O–H groups in total. The van der Waals surface area contributed by atoms with Crippen molar-refractivity contribution in [2.45, 2.75) is 38.6 Å². The maximum Gasteiger partial charge on any atom is 0.124 e. The third-order valence-electron chi connectivity index (χ3n) is 4.06. The van der Waals surface area contributed by atoms with Gasteiger partial charge in [-0.25, -0.2) is 4.39 Å². The van der Waals surface area contributed by atoms with Crippen LogP contribution in [0.5, 0.6) is 0 Å². The summed E-state index contributed by atoms with van der Waals surface area (Å²) in [6.45, 7) is 2.31. The number of rotatable bonds is 3. The van der Waals surface area contributed by atoms with Crippen LogP contribution >= 0.6 is 11.6 Å². The summed E-state index contributed by atoms with van der Waals surface area (Å²) in [5.41, 5.74) is 1.03. The Labute approximate surface area is 114 Å². The van der Waals surface area contributed by atoms with Crippen molar-refractivity contribution in [3.63, 3.8) is 0 Å². The van der Waals surface area contributed by atoms with Crippen molar-refractivity contribution >= 4 is 11.6 Å². The SMILES string of the molecule is CNC(c1ccc(F)cc1Cl)C1CCCC(C)C1. The maximum atomic E-state index is 13.1. The van der Waals surface area contributed by atoms with E-state index in [0.717, 1.165) is 11.5 Å². The normalized spacial score (nSPS) is 26.0. The second-order valence-corrected chi connectivity index (χ2v) is 5.87. The molecule has 1 nitrogen and oxygen atoms in total. The Kier molecular flexibility index (Phi) is 4.63. The van der Waals surface area contributed by atoms with E-state index in [9.17, 15) is 4.39 Å². The molecule has 0 saturated heterocycles. The second-order valence-electron chi connectivity index (χ2n) is 5.46. The van der Waals surface area contributed by atoms with Crippen LogP contribution in [0.15, 0.2) is 18.2 Å². The van der Waals surface area contributed by atoms with Crippen molar-refractivity contribution in [2.24, 2.45) is 11.8 Å². The van der Waals surface area contributed by atoms with Crippen LogP contribution in [0.2, 0.25) is 5.02 Å². The summed E-state index contributed by atoms with van der Waals surface area (Å²) in [6, 6.07) is 4.96. The maximum absolute atomic E-state index is 13.1. The molecule has 2 rings (SSSR count). The third kappa shape index (κ3) is 3.04. The Morgan fingerprint density at radius 3 is 2.78 bits per heavy atom. The fourth-order valence-electron chi connectivity index (χ4n) is 3.18. The molecule has 1 aromatic rings. The van der Waals surface area contributed by atoms with Gasteiger partial charge in [-0.2, -0.15) is 0 Å². The van der Waals surface area contributed by atoms with Crippen molar-refractivity contribution in [2.75, 3.05) is 7.05 Å². The molecular formula is C15H21ClFN. The minimum absolute atomic E-state index is 0.237. The third-order valence-corrected chi connectivity index (χ3v) is 4.38. The molecular weight excluding hydrogens is 249 g/mol. The Balaban J connectivity index is 2.21. The first-order valence-corrected chi connectivity index (χ1v) is 7.11. The smallest absolute Gasteiger partial charge is 0.124 e. The molecule has 3 heteroatoms. The first-order valence-electron chi connectivity index (χ1n) is 6.74. The van der Waals surface area contributed by atoms with Crippen LogP contribution in [0.1, 0.15) is 44.2 Å². The summed E-state index contributed by atoms with van der Waals surface area (Å²) in [4.78, 5) is 0. The second kappa shape index (κ2) is 6.03. The quantitative estimate of drug-likeness (QED) is 0.848. The van der Waals surface area contributed by atoms with Gasteiger partial charge in [-0.15, -0.1) is 0 Å². The topological polar surface area (TPSA) is 12.0 Å². The van der Waals surface area contributed by atoms with Crippen molar-refractivity contribution in [1.29, 1.82) is 0 Å². The summed E-state index contributed by atoms with van der Waals surface area (Å²) >= 11 is 6.18. The van der Waals surface area contributed by atoms with Crippen LogP contribution in [-0.2, 0) is 0 Å². The summed E-state index contributed by atoms with van der Waals surface area (Å²) in [5, 5.41) is 3.90. The molecule has 0 spiro atoms. The van der Waals surface area contributed by atoms with E-state index < -0.39 is 0 Å². The van der Waals surface area contributed by atoms with Crippen molar-refractivity contribution < 1.29 is 4.39 Å². The monoisotopic (exact) mass is 269 g/mol. The van der Waals surface area contributed by atoms with Crippen molar-refractivity contribution in [3.05, 3.63) is 34.6 Å². The molecule has 100 valence electrons. The van der Waals surface area contributed by atoms with Crippen LogP contribution in [0, 0.1) is 17.7 Å². The Hall–Kier alpha value is -0.600. The van der Waals surface area contributed by atoms with Crippen LogP contribution in [0.3, 0.4) is 0 Å². The van der Waals surface area contributed by atoms with Gasteiger partial charge in [0.2, 0.25) is 0 Å². The highest BCUT2D eigenvalue weighted by Crippen LogP contribution is 2.39. The molecule has 0 bridgehead atoms. The van der Waals surface area contributed by atoms with E-state index in [1.165, 1.54) is 37.8 Å². The molecule has 0 aromatic heterocycles. The zero-order valence-electron chi connectivity index (χ0n) is 11.0. The van der Waals surface area contributed by atoms with Gasteiger partial charge in [-0.1, -0.05) is 37.4 Å². The largest absolute Gasteiger partial charge is 0.313 e. The minimum Gasteiger partial charge on any atom is -0.313 e. The molecule has 1 aliphatic rings. The first-order chi connectivity index (χ1) is 8.61. The summed E-state index contributed by atoms with van der Waals surface area (Å²) in [5.74, 6) is 1.11. The average molecular weight is 270 g/mol. The molecule has 0 aliphatic heterocycles. The van der Waals surface area contributed by atoms with Gasteiger partial charge in [0.15, 0.2) is 0 Å². The Morgan fingerprint density at radius 2 is 2.17 bits per heavy atom. The fraction of sp³-hybridized carbons (Fsp3) is 0.600. The molecule has 3 atom stereocenters. The lowest BCUT2D eigenvalue weighted by Gasteiger charge is -2.33. The number of benzene rings is 1.